The van der Waals surface area contributed by atoms with Gasteiger partial charge in [-0.25, -0.2) is 9.59 Å². The Balaban J connectivity index is 1.87. The van der Waals surface area contributed by atoms with Gasteiger partial charge in [0.2, 0.25) is 0 Å². The van der Waals surface area contributed by atoms with E-state index in [2.05, 4.69) is 0 Å². The van der Waals surface area contributed by atoms with Crippen molar-refractivity contribution in [3.8, 4) is 0 Å². The minimum absolute atomic E-state index is 0.0560. The first-order valence-corrected chi connectivity index (χ1v) is 7.70. The fraction of sp³-hybridized carbons (Fsp3) is 0.211. The Morgan fingerprint density at radius 1 is 0.960 bits per heavy atom. The lowest BCUT2D eigenvalue weighted by molar-refractivity contribution is -0.147. The number of esters is 2. The molecular formula is C19H18O6. The lowest BCUT2D eigenvalue weighted by atomic mass is 10.1. The van der Waals surface area contributed by atoms with Crippen molar-refractivity contribution in [3.63, 3.8) is 0 Å². The van der Waals surface area contributed by atoms with E-state index in [-0.39, 0.29) is 24.2 Å². The first-order valence-electron chi connectivity index (χ1n) is 7.70. The highest BCUT2D eigenvalue weighted by atomic mass is 16.6. The van der Waals surface area contributed by atoms with Crippen molar-refractivity contribution in [3.05, 3.63) is 71.3 Å². The molecule has 2 aromatic rings. The summed E-state index contributed by atoms with van der Waals surface area (Å²) >= 11 is 0. The van der Waals surface area contributed by atoms with E-state index in [0.717, 1.165) is 5.56 Å². The summed E-state index contributed by atoms with van der Waals surface area (Å²) in [5.41, 5.74) is 0.654. The Morgan fingerprint density at radius 3 is 2.20 bits per heavy atom. The second-order valence-corrected chi connectivity index (χ2v) is 5.42. The lowest BCUT2D eigenvalue weighted by Gasteiger charge is -2.14. The van der Waals surface area contributed by atoms with Gasteiger partial charge in [-0.05, 0) is 24.6 Å². The fourth-order valence-electron chi connectivity index (χ4n) is 2.17. The van der Waals surface area contributed by atoms with Crippen LogP contribution in [-0.4, -0.2) is 29.1 Å². The second kappa shape index (κ2) is 8.63. The molecule has 0 bridgehead atoms. The number of aromatic carboxylic acids is 1. The number of rotatable bonds is 7. The number of hydrogen-bond donors (Lipinski definition) is 1. The van der Waals surface area contributed by atoms with Crippen LogP contribution in [0, 0.1) is 0 Å². The third-order valence-electron chi connectivity index (χ3n) is 3.38. The molecule has 0 unspecified atom stereocenters. The van der Waals surface area contributed by atoms with Crippen LogP contribution in [0.1, 0.15) is 39.6 Å². The number of ether oxygens (including phenoxy) is 2. The van der Waals surface area contributed by atoms with E-state index in [1.54, 1.807) is 13.0 Å². The van der Waals surface area contributed by atoms with Crippen LogP contribution >= 0.6 is 0 Å². The molecule has 0 aliphatic heterocycles. The number of carboxylic acid groups (broad SMARTS) is 1. The summed E-state index contributed by atoms with van der Waals surface area (Å²) in [6, 6.07) is 15.0. The van der Waals surface area contributed by atoms with Crippen LogP contribution in [-0.2, 0) is 20.9 Å². The first kappa shape index (κ1) is 18.2. The fourth-order valence-corrected chi connectivity index (χ4v) is 2.17. The maximum absolute atomic E-state index is 12.1. The molecule has 130 valence electrons. The average molecular weight is 342 g/mol. The molecule has 1 atom stereocenters. The SMILES string of the molecule is C[C@H](CC(=O)OCc1ccccc1)OC(=O)c1ccccc1C(=O)O. The summed E-state index contributed by atoms with van der Waals surface area (Å²) < 4.78 is 10.3. The highest BCUT2D eigenvalue weighted by Crippen LogP contribution is 2.13. The van der Waals surface area contributed by atoms with Crippen LogP contribution in [0.3, 0.4) is 0 Å². The molecule has 0 amide bonds. The van der Waals surface area contributed by atoms with Gasteiger partial charge in [-0.1, -0.05) is 42.5 Å². The minimum atomic E-state index is -1.22. The van der Waals surface area contributed by atoms with Crippen LogP contribution < -0.4 is 0 Å². The summed E-state index contributed by atoms with van der Waals surface area (Å²) in [5, 5.41) is 9.09. The molecule has 2 aromatic carbocycles. The van der Waals surface area contributed by atoms with Gasteiger partial charge in [0.05, 0.1) is 17.5 Å². The monoisotopic (exact) mass is 342 g/mol. The summed E-state index contributed by atoms with van der Waals surface area (Å²) in [7, 11) is 0. The Kier molecular flexibility index (Phi) is 6.28. The zero-order valence-corrected chi connectivity index (χ0v) is 13.7. The van der Waals surface area contributed by atoms with Crippen LogP contribution in [0.4, 0.5) is 0 Å². The van der Waals surface area contributed by atoms with Crippen molar-refractivity contribution in [2.75, 3.05) is 0 Å². The maximum Gasteiger partial charge on any atom is 0.339 e. The van der Waals surface area contributed by atoms with Crippen molar-refractivity contribution >= 4 is 17.9 Å². The van der Waals surface area contributed by atoms with Gasteiger partial charge >= 0.3 is 17.9 Å². The van der Waals surface area contributed by atoms with Crippen molar-refractivity contribution < 1.29 is 29.0 Å². The molecule has 0 radical (unpaired) electrons. The number of hydrogen-bond acceptors (Lipinski definition) is 5. The van der Waals surface area contributed by atoms with E-state index < -0.39 is 24.0 Å². The average Bonchev–Trinajstić information content (AvgIpc) is 2.60. The largest absolute Gasteiger partial charge is 0.478 e. The molecule has 6 heteroatoms. The second-order valence-electron chi connectivity index (χ2n) is 5.42. The summed E-state index contributed by atoms with van der Waals surface area (Å²) in [4.78, 5) is 35.0. The van der Waals surface area contributed by atoms with Crippen LogP contribution in [0.2, 0.25) is 0 Å². The Labute approximate surface area is 145 Å². The van der Waals surface area contributed by atoms with Gasteiger partial charge in [0.1, 0.15) is 12.7 Å². The summed E-state index contributed by atoms with van der Waals surface area (Å²) in [5.74, 6) is -2.51. The van der Waals surface area contributed by atoms with Crippen molar-refractivity contribution in [1.29, 1.82) is 0 Å². The normalized spacial score (nSPS) is 11.4. The Hall–Kier alpha value is -3.15. The molecule has 0 fully saturated rings. The smallest absolute Gasteiger partial charge is 0.339 e. The third kappa shape index (κ3) is 5.46. The van der Waals surface area contributed by atoms with Gasteiger partial charge in [-0.15, -0.1) is 0 Å². The zero-order valence-electron chi connectivity index (χ0n) is 13.7. The number of carboxylic acids is 1. The van der Waals surface area contributed by atoms with E-state index >= 15 is 0 Å². The molecule has 0 saturated carbocycles. The molecular weight excluding hydrogens is 324 g/mol. The van der Waals surface area contributed by atoms with E-state index in [9.17, 15) is 14.4 Å². The predicted molar refractivity (Wildman–Crippen MR) is 89.1 cm³/mol. The predicted octanol–water partition coefficient (Wildman–Crippen LogP) is 3.06. The molecule has 0 aliphatic carbocycles. The number of carbonyl (C=O) groups excluding carboxylic acids is 2. The van der Waals surface area contributed by atoms with Crippen molar-refractivity contribution in [2.45, 2.75) is 26.1 Å². The molecule has 1 N–H and O–H groups in total. The summed E-state index contributed by atoms with van der Waals surface area (Å²) in [6.45, 7) is 1.69. The number of carbonyl (C=O) groups is 3. The minimum Gasteiger partial charge on any atom is -0.478 e. The van der Waals surface area contributed by atoms with E-state index in [4.69, 9.17) is 14.6 Å². The van der Waals surface area contributed by atoms with Gasteiger partial charge < -0.3 is 14.6 Å². The molecule has 0 aromatic heterocycles. The van der Waals surface area contributed by atoms with E-state index in [0.29, 0.717) is 0 Å². The zero-order chi connectivity index (χ0) is 18.2. The topological polar surface area (TPSA) is 89.9 Å². The molecule has 0 heterocycles. The molecule has 25 heavy (non-hydrogen) atoms. The van der Waals surface area contributed by atoms with Crippen LogP contribution in [0.25, 0.3) is 0 Å². The first-order chi connectivity index (χ1) is 12.0. The maximum atomic E-state index is 12.1. The van der Waals surface area contributed by atoms with Crippen molar-refractivity contribution in [1.82, 2.24) is 0 Å². The molecule has 0 spiro atoms. The molecule has 6 nitrogen and oxygen atoms in total. The Morgan fingerprint density at radius 2 is 1.56 bits per heavy atom. The third-order valence-corrected chi connectivity index (χ3v) is 3.38. The molecule has 0 aliphatic rings. The quantitative estimate of drug-likeness (QED) is 0.778. The highest BCUT2D eigenvalue weighted by molar-refractivity contribution is 6.02. The van der Waals surface area contributed by atoms with Gasteiger partial charge in [0, 0.05) is 0 Å². The van der Waals surface area contributed by atoms with E-state index in [1.165, 1.54) is 18.2 Å². The highest BCUT2D eigenvalue weighted by Gasteiger charge is 2.20. The molecule has 0 saturated heterocycles. The van der Waals surface area contributed by atoms with Gasteiger partial charge in [-0.3, -0.25) is 4.79 Å². The lowest BCUT2D eigenvalue weighted by Crippen LogP contribution is -2.21. The molecule has 2 rings (SSSR count). The van der Waals surface area contributed by atoms with Gasteiger partial charge in [0.25, 0.3) is 0 Å². The Bertz CT molecular complexity index is 754. The summed E-state index contributed by atoms with van der Waals surface area (Å²) in [6.07, 6.45) is -0.856. The van der Waals surface area contributed by atoms with Gasteiger partial charge in [-0.2, -0.15) is 0 Å². The van der Waals surface area contributed by atoms with Crippen LogP contribution in [0.5, 0.6) is 0 Å². The standard InChI is InChI=1S/C19H18O6/c1-13(11-17(20)24-12-14-7-3-2-4-8-14)25-19(23)16-10-6-5-9-15(16)18(21)22/h2-10,13H,11-12H2,1H3,(H,21,22)/t13-/m1/s1. The number of benzene rings is 2. The van der Waals surface area contributed by atoms with Crippen LogP contribution in [0.15, 0.2) is 54.6 Å². The van der Waals surface area contributed by atoms with Gasteiger partial charge in [0.15, 0.2) is 0 Å². The van der Waals surface area contributed by atoms with E-state index in [1.807, 2.05) is 30.3 Å². The van der Waals surface area contributed by atoms with Crippen molar-refractivity contribution in [2.24, 2.45) is 0 Å².